The van der Waals surface area contributed by atoms with Crippen molar-refractivity contribution >= 4 is 28.9 Å². The number of fused-ring (bicyclic) bond motifs is 1. The highest BCUT2D eigenvalue weighted by Gasteiger charge is 2.02. The molecule has 0 amide bonds. The fraction of sp³-hybridized carbons (Fsp3) is 0. The second kappa shape index (κ2) is 5.63. The summed E-state index contributed by atoms with van der Waals surface area (Å²) in [6.45, 7) is 0. The van der Waals surface area contributed by atoms with E-state index in [2.05, 4.69) is 18.2 Å². The molecule has 3 aromatic rings. The van der Waals surface area contributed by atoms with Crippen LogP contribution < -0.4 is 10.5 Å². The first-order valence-corrected chi connectivity index (χ1v) is 5.84. The first kappa shape index (κ1) is 13.2. The van der Waals surface area contributed by atoms with E-state index in [-0.39, 0.29) is 12.4 Å². The van der Waals surface area contributed by atoms with Crippen LogP contribution in [0.4, 0.5) is 5.69 Å². The fourth-order valence-corrected chi connectivity index (χ4v) is 1.95. The average molecular weight is 272 g/mol. The molecule has 3 aromatic carbocycles. The van der Waals surface area contributed by atoms with Gasteiger partial charge >= 0.3 is 0 Å². The number of nitrogens with two attached hydrogens (primary N) is 1. The van der Waals surface area contributed by atoms with Crippen molar-refractivity contribution in [3.8, 4) is 11.5 Å². The number of hydrogen-bond acceptors (Lipinski definition) is 2. The van der Waals surface area contributed by atoms with Gasteiger partial charge in [0.05, 0.1) is 0 Å². The number of rotatable bonds is 2. The molecule has 0 saturated heterocycles. The second-order valence-electron chi connectivity index (χ2n) is 4.15. The fourth-order valence-electron chi connectivity index (χ4n) is 1.95. The molecule has 19 heavy (non-hydrogen) atoms. The molecule has 0 aliphatic rings. The molecule has 0 spiro atoms. The van der Waals surface area contributed by atoms with Gasteiger partial charge in [0.1, 0.15) is 11.5 Å². The van der Waals surface area contributed by atoms with Crippen molar-refractivity contribution in [1.82, 2.24) is 0 Å². The smallest absolute Gasteiger partial charge is 0.135 e. The lowest BCUT2D eigenvalue weighted by molar-refractivity contribution is 0.488. The standard InChI is InChI=1S/C16H13NO.ClH/c17-13-8-10-14(11-9-13)18-16-7-3-5-12-4-1-2-6-15(12)16;/h1-11H,17H2;1H. The van der Waals surface area contributed by atoms with E-state index in [0.29, 0.717) is 0 Å². The first-order valence-electron chi connectivity index (χ1n) is 5.84. The van der Waals surface area contributed by atoms with Crippen LogP contribution in [0.25, 0.3) is 10.8 Å². The summed E-state index contributed by atoms with van der Waals surface area (Å²) in [5.41, 5.74) is 6.39. The molecule has 0 radical (unpaired) electrons. The van der Waals surface area contributed by atoms with Gasteiger partial charge in [-0.25, -0.2) is 0 Å². The Morgan fingerprint density at radius 3 is 2.21 bits per heavy atom. The van der Waals surface area contributed by atoms with Crippen LogP contribution in [0.1, 0.15) is 0 Å². The van der Waals surface area contributed by atoms with Crippen molar-refractivity contribution in [3.63, 3.8) is 0 Å². The summed E-state index contributed by atoms with van der Waals surface area (Å²) in [4.78, 5) is 0. The number of ether oxygens (including phenoxy) is 1. The Morgan fingerprint density at radius 2 is 1.42 bits per heavy atom. The third-order valence-corrected chi connectivity index (χ3v) is 2.86. The minimum atomic E-state index is 0. The molecule has 0 bridgehead atoms. The van der Waals surface area contributed by atoms with Gasteiger partial charge in [-0.05, 0) is 35.7 Å². The van der Waals surface area contributed by atoms with E-state index in [1.807, 2.05) is 48.5 Å². The van der Waals surface area contributed by atoms with Crippen LogP contribution >= 0.6 is 12.4 Å². The Labute approximate surface area is 118 Å². The molecule has 2 nitrogen and oxygen atoms in total. The third-order valence-electron chi connectivity index (χ3n) is 2.86. The van der Waals surface area contributed by atoms with Crippen LogP contribution in [0.5, 0.6) is 11.5 Å². The molecular formula is C16H14ClNO. The van der Waals surface area contributed by atoms with Crippen LogP contribution in [0.2, 0.25) is 0 Å². The number of benzene rings is 3. The topological polar surface area (TPSA) is 35.2 Å². The van der Waals surface area contributed by atoms with Crippen LogP contribution in [0.3, 0.4) is 0 Å². The highest BCUT2D eigenvalue weighted by atomic mass is 35.5. The number of nitrogen functional groups attached to an aromatic ring is 1. The molecular weight excluding hydrogens is 258 g/mol. The SMILES string of the molecule is Cl.Nc1ccc(Oc2cccc3ccccc23)cc1. The van der Waals surface area contributed by atoms with Crippen LogP contribution in [-0.4, -0.2) is 0 Å². The molecule has 0 unspecified atom stereocenters. The Kier molecular flexibility index (Phi) is 3.93. The predicted molar refractivity (Wildman–Crippen MR) is 82.1 cm³/mol. The van der Waals surface area contributed by atoms with Gasteiger partial charge in [0.25, 0.3) is 0 Å². The summed E-state index contributed by atoms with van der Waals surface area (Å²) < 4.78 is 5.89. The first-order chi connectivity index (χ1) is 8.83. The lowest BCUT2D eigenvalue weighted by atomic mass is 10.1. The monoisotopic (exact) mass is 271 g/mol. The van der Waals surface area contributed by atoms with Crippen LogP contribution in [-0.2, 0) is 0 Å². The van der Waals surface area contributed by atoms with Crippen molar-refractivity contribution < 1.29 is 4.74 Å². The van der Waals surface area contributed by atoms with Crippen LogP contribution in [0.15, 0.2) is 66.7 Å². The van der Waals surface area contributed by atoms with E-state index in [0.717, 1.165) is 22.6 Å². The van der Waals surface area contributed by atoms with E-state index in [1.54, 1.807) is 0 Å². The molecule has 0 atom stereocenters. The quantitative estimate of drug-likeness (QED) is 0.689. The molecule has 96 valence electrons. The van der Waals surface area contributed by atoms with E-state index >= 15 is 0 Å². The van der Waals surface area contributed by atoms with Gasteiger partial charge in [-0.1, -0.05) is 36.4 Å². The predicted octanol–water partition coefficient (Wildman–Crippen LogP) is 4.64. The molecule has 2 N–H and O–H groups in total. The van der Waals surface area contributed by atoms with Crippen LogP contribution in [0, 0.1) is 0 Å². The maximum absolute atomic E-state index is 5.89. The lowest BCUT2D eigenvalue weighted by Crippen LogP contribution is -1.87. The summed E-state index contributed by atoms with van der Waals surface area (Å²) in [5.74, 6) is 1.65. The summed E-state index contributed by atoms with van der Waals surface area (Å²) in [7, 11) is 0. The van der Waals surface area contributed by atoms with Gasteiger partial charge in [0.2, 0.25) is 0 Å². The summed E-state index contributed by atoms with van der Waals surface area (Å²) in [5, 5.41) is 2.28. The summed E-state index contributed by atoms with van der Waals surface area (Å²) in [6.07, 6.45) is 0. The Bertz CT molecular complexity index is 674. The van der Waals surface area contributed by atoms with E-state index < -0.39 is 0 Å². The summed E-state index contributed by atoms with van der Waals surface area (Å²) in [6, 6.07) is 21.6. The molecule has 0 saturated carbocycles. The third kappa shape index (κ3) is 2.80. The molecule has 3 rings (SSSR count). The van der Waals surface area contributed by atoms with Crippen molar-refractivity contribution in [2.24, 2.45) is 0 Å². The highest BCUT2D eigenvalue weighted by molar-refractivity contribution is 5.88. The zero-order valence-electron chi connectivity index (χ0n) is 10.2. The van der Waals surface area contributed by atoms with Crippen molar-refractivity contribution in [3.05, 3.63) is 66.7 Å². The van der Waals surface area contributed by atoms with Crippen molar-refractivity contribution in [2.75, 3.05) is 5.73 Å². The maximum atomic E-state index is 5.89. The Balaban J connectivity index is 0.00000133. The van der Waals surface area contributed by atoms with E-state index in [4.69, 9.17) is 10.5 Å². The van der Waals surface area contributed by atoms with Gasteiger partial charge in [0, 0.05) is 11.1 Å². The number of hydrogen-bond donors (Lipinski definition) is 1. The minimum Gasteiger partial charge on any atom is -0.457 e. The molecule has 0 aliphatic heterocycles. The molecule has 0 aromatic heterocycles. The Morgan fingerprint density at radius 1 is 0.737 bits per heavy atom. The highest BCUT2D eigenvalue weighted by Crippen LogP contribution is 2.29. The molecule has 0 fully saturated rings. The number of anilines is 1. The van der Waals surface area contributed by atoms with Gasteiger partial charge < -0.3 is 10.5 Å². The lowest BCUT2D eigenvalue weighted by Gasteiger charge is -2.08. The average Bonchev–Trinajstić information content (AvgIpc) is 2.42. The second-order valence-corrected chi connectivity index (χ2v) is 4.15. The normalized spacial score (nSPS) is 9.89. The van der Waals surface area contributed by atoms with Gasteiger partial charge in [0.15, 0.2) is 0 Å². The van der Waals surface area contributed by atoms with E-state index in [9.17, 15) is 0 Å². The Hall–Kier alpha value is -2.19. The summed E-state index contributed by atoms with van der Waals surface area (Å²) >= 11 is 0. The zero-order valence-corrected chi connectivity index (χ0v) is 11.1. The van der Waals surface area contributed by atoms with E-state index in [1.165, 1.54) is 5.39 Å². The molecule has 3 heteroatoms. The van der Waals surface area contributed by atoms with Crippen molar-refractivity contribution in [2.45, 2.75) is 0 Å². The van der Waals surface area contributed by atoms with Crippen molar-refractivity contribution in [1.29, 1.82) is 0 Å². The molecule has 0 aliphatic carbocycles. The largest absolute Gasteiger partial charge is 0.457 e. The van der Waals surface area contributed by atoms with Gasteiger partial charge in [-0.15, -0.1) is 12.4 Å². The van der Waals surface area contributed by atoms with Gasteiger partial charge in [-0.2, -0.15) is 0 Å². The number of halogens is 1. The van der Waals surface area contributed by atoms with Gasteiger partial charge in [-0.3, -0.25) is 0 Å². The zero-order chi connectivity index (χ0) is 12.4. The molecule has 0 heterocycles. The minimum absolute atomic E-state index is 0. The maximum Gasteiger partial charge on any atom is 0.135 e.